The van der Waals surface area contributed by atoms with Crippen molar-refractivity contribution in [1.29, 1.82) is 0 Å². The third-order valence-electron chi connectivity index (χ3n) is 3.04. The van der Waals surface area contributed by atoms with E-state index in [1.54, 1.807) is 0 Å². The van der Waals surface area contributed by atoms with E-state index in [-0.39, 0.29) is 0 Å². The fraction of sp³-hybridized carbons (Fsp3) is 0.538. The average molecular weight is 217 g/mol. The fourth-order valence-electron chi connectivity index (χ4n) is 1.92. The van der Waals surface area contributed by atoms with Crippen molar-refractivity contribution < 1.29 is 0 Å². The molecule has 0 aromatic carbocycles. The lowest BCUT2D eigenvalue weighted by Crippen LogP contribution is -2.34. The van der Waals surface area contributed by atoms with Crippen LogP contribution in [0.15, 0.2) is 18.5 Å². The Kier molecular flexibility index (Phi) is 3.34. The molecule has 1 aromatic heterocycles. The van der Waals surface area contributed by atoms with Crippen molar-refractivity contribution in [3.05, 3.63) is 29.9 Å². The molecule has 0 amide bonds. The molecular formula is C13H19N3. The zero-order chi connectivity index (χ0) is 11.5. The summed E-state index contributed by atoms with van der Waals surface area (Å²) < 4.78 is 0. The van der Waals surface area contributed by atoms with Crippen LogP contribution in [0.1, 0.15) is 31.7 Å². The summed E-state index contributed by atoms with van der Waals surface area (Å²) in [5.41, 5.74) is 2.40. The zero-order valence-electron chi connectivity index (χ0n) is 10.3. The van der Waals surface area contributed by atoms with Crippen LogP contribution in [-0.4, -0.2) is 34.0 Å². The van der Waals surface area contributed by atoms with Gasteiger partial charge in [-0.15, -0.1) is 0 Å². The molecule has 0 radical (unpaired) electrons. The smallest absolute Gasteiger partial charge is 0.154 e. The molecule has 86 valence electrons. The molecule has 3 heteroatoms. The minimum atomic E-state index is 0.622. The van der Waals surface area contributed by atoms with Crippen LogP contribution in [-0.2, 0) is 0 Å². The molecule has 16 heavy (non-hydrogen) atoms. The van der Waals surface area contributed by atoms with Gasteiger partial charge in [-0.25, -0.2) is 9.97 Å². The first-order valence-corrected chi connectivity index (χ1v) is 5.89. The van der Waals surface area contributed by atoms with E-state index in [0.717, 1.165) is 30.9 Å². The molecule has 2 heterocycles. The second-order valence-electron chi connectivity index (χ2n) is 4.65. The first kappa shape index (κ1) is 11.3. The third kappa shape index (κ3) is 2.47. The second kappa shape index (κ2) is 4.74. The number of aromatic nitrogens is 2. The monoisotopic (exact) mass is 217 g/mol. The summed E-state index contributed by atoms with van der Waals surface area (Å²) in [6.07, 6.45) is 7.09. The van der Waals surface area contributed by atoms with Gasteiger partial charge in [0.25, 0.3) is 0 Å². The van der Waals surface area contributed by atoms with Crippen LogP contribution < -0.4 is 0 Å². The summed E-state index contributed by atoms with van der Waals surface area (Å²) in [6, 6.07) is 0.622. The van der Waals surface area contributed by atoms with Crippen LogP contribution in [0.25, 0.3) is 5.57 Å². The topological polar surface area (TPSA) is 29.0 Å². The number of aryl methyl sites for hydroxylation is 1. The van der Waals surface area contributed by atoms with Gasteiger partial charge >= 0.3 is 0 Å². The van der Waals surface area contributed by atoms with Gasteiger partial charge in [0, 0.05) is 31.5 Å². The summed E-state index contributed by atoms with van der Waals surface area (Å²) in [5, 5.41) is 0. The van der Waals surface area contributed by atoms with Crippen molar-refractivity contribution in [2.75, 3.05) is 13.1 Å². The van der Waals surface area contributed by atoms with Gasteiger partial charge in [0.05, 0.1) is 0 Å². The van der Waals surface area contributed by atoms with E-state index in [1.807, 2.05) is 19.3 Å². The Morgan fingerprint density at radius 2 is 1.94 bits per heavy atom. The van der Waals surface area contributed by atoms with E-state index in [1.165, 1.54) is 5.57 Å². The first-order chi connectivity index (χ1) is 7.66. The van der Waals surface area contributed by atoms with Gasteiger partial charge in [0.1, 0.15) is 0 Å². The summed E-state index contributed by atoms with van der Waals surface area (Å²) >= 11 is 0. The molecular weight excluding hydrogens is 198 g/mol. The molecule has 0 aliphatic carbocycles. The van der Waals surface area contributed by atoms with E-state index >= 15 is 0 Å². The van der Waals surface area contributed by atoms with E-state index < -0.39 is 0 Å². The Labute approximate surface area is 97.2 Å². The van der Waals surface area contributed by atoms with Gasteiger partial charge in [-0.1, -0.05) is 6.08 Å². The molecule has 1 aliphatic rings. The zero-order valence-corrected chi connectivity index (χ0v) is 10.3. The van der Waals surface area contributed by atoms with Gasteiger partial charge < -0.3 is 0 Å². The van der Waals surface area contributed by atoms with Gasteiger partial charge in [-0.05, 0) is 38.3 Å². The predicted molar refractivity (Wildman–Crippen MR) is 66.1 cm³/mol. The Hall–Kier alpha value is -1.22. The standard InChI is InChI=1S/C13H19N3/c1-10(2)16-6-4-12(5-7-16)13-14-8-11(3)9-15-13/h4,8-10H,5-7H2,1-3H3. The largest absolute Gasteiger partial charge is 0.297 e. The summed E-state index contributed by atoms with van der Waals surface area (Å²) in [4.78, 5) is 11.2. The molecule has 0 N–H and O–H groups in total. The van der Waals surface area contributed by atoms with E-state index in [2.05, 4.69) is 34.8 Å². The molecule has 3 nitrogen and oxygen atoms in total. The van der Waals surface area contributed by atoms with Crippen molar-refractivity contribution in [3.8, 4) is 0 Å². The molecule has 2 rings (SSSR count). The summed E-state index contributed by atoms with van der Waals surface area (Å²) in [6.45, 7) is 8.62. The van der Waals surface area contributed by atoms with Gasteiger partial charge in [0.15, 0.2) is 5.82 Å². The second-order valence-corrected chi connectivity index (χ2v) is 4.65. The lowest BCUT2D eigenvalue weighted by Gasteiger charge is -2.29. The lowest BCUT2D eigenvalue weighted by molar-refractivity contribution is 0.245. The van der Waals surface area contributed by atoms with Crippen molar-refractivity contribution in [3.63, 3.8) is 0 Å². The highest BCUT2D eigenvalue weighted by molar-refractivity contribution is 5.60. The van der Waals surface area contributed by atoms with Crippen LogP contribution in [0.3, 0.4) is 0 Å². The maximum Gasteiger partial charge on any atom is 0.154 e. The van der Waals surface area contributed by atoms with E-state index in [9.17, 15) is 0 Å². The highest BCUT2D eigenvalue weighted by Gasteiger charge is 2.16. The summed E-state index contributed by atoms with van der Waals surface area (Å²) in [5.74, 6) is 0.897. The number of nitrogens with zero attached hydrogens (tertiary/aromatic N) is 3. The SMILES string of the molecule is Cc1cnc(C2=CCN(C(C)C)CC2)nc1. The quantitative estimate of drug-likeness (QED) is 0.761. The van der Waals surface area contributed by atoms with Crippen LogP contribution in [0.5, 0.6) is 0 Å². The maximum absolute atomic E-state index is 4.37. The highest BCUT2D eigenvalue weighted by atomic mass is 15.1. The molecule has 0 fully saturated rings. The minimum Gasteiger partial charge on any atom is -0.297 e. The Balaban J connectivity index is 2.10. The van der Waals surface area contributed by atoms with Gasteiger partial charge in [-0.3, -0.25) is 4.90 Å². The molecule has 0 bridgehead atoms. The average Bonchev–Trinajstić information content (AvgIpc) is 2.30. The Morgan fingerprint density at radius 3 is 2.44 bits per heavy atom. The van der Waals surface area contributed by atoms with Crippen molar-refractivity contribution in [2.45, 2.75) is 33.2 Å². The molecule has 1 aliphatic heterocycles. The van der Waals surface area contributed by atoms with Crippen molar-refractivity contribution in [2.24, 2.45) is 0 Å². The molecule has 0 spiro atoms. The van der Waals surface area contributed by atoms with Crippen LogP contribution in [0.4, 0.5) is 0 Å². The number of hydrogen-bond acceptors (Lipinski definition) is 3. The molecule has 0 atom stereocenters. The number of hydrogen-bond donors (Lipinski definition) is 0. The van der Waals surface area contributed by atoms with E-state index in [4.69, 9.17) is 0 Å². The lowest BCUT2D eigenvalue weighted by atomic mass is 10.1. The fourth-order valence-corrected chi connectivity index (χ4v) is 1.92. The molecule has 0 saturated heterocycles. The van der Waals surface area contributed by atoms with Crippen molar-refractivity contribution >= 4 is 5.57 Å². The summed E-state index contributed by atoms with van der Waals surface area (Å²) in [7, 11) is 0. The normalized spacial score (nSPS) is 17.6. The van der Waals surface area contributed by atoms with Crippen molar-refractivity contribution in [1.82, 2.24) is 14.9 Å². The molecule has 0 unspecified atom stereocenters. The van der Waals surface area contributed by atoms with Crippen LogP contribution >= 0.6 is 0 Å². The maximum atomic E-state index is 4.37. The van der Waals surface area contributed by atoms with Crippen LogP contribution in [0.2, 0.25) is 0 Å². The molecule has 0 saturated carbocycles. The number of rotatable bonds is 2. The minimum absolute atomic E-state index is 0.622. The Morgan fingerprint density at radius 1 is 1.25 bits per heavy atom. The highest BCUT2D eigenvalue weighted by Crippen LogP contribution is 2.19. The van der Waals surface area contributed by atoms with Gasteiger partial charge in [0.2, 0.25) is 0 Å². The molecule has 1 aromatic rings. The Bertz CT molecular complexity index is 379. The predicted octanol–water partition coefficient (Wildman–Crippen LogP) is 2.28. The van der Waals surface area contributed by atoms with Gasteiger partial charge in [-0.2, -0.15) is 0 Å². The van der Waals surface area contributed by atoms with Crippen LogP contribution in [0, 0.1) is 6.92 Å². The van der Waals surface area contributed by atoms with E-state index in [0.29, 0.717) is 6.04 Å². The first-order valence-electron chi connectivity index (χ1n) is 5.89. The third-order valence-corrected chi connectivity index (χ3v) is 3.04.